The monoisotopic (exact) mass is 316 g/mol. The fraction of sp³-hybridized carbons (Fsp3) is 0.500. The first-order valence-corrected chi connectivity index (χ1v) is 8.07. The van der Waals surface area contributed by atoms with Crippen LogP contribution in [0.3, 0.4) is 0 Å². The highest BCUT2D eigenvalue weighted by Crippen LogP contribution is 2.28. The summed E-state index contributed by atoms with van der Waals surface area (Å²) in [5, 5.41) is 10.5. The molecule has 0 unspecified atom stereocenters. The number of aryl methyl sites for hydroxylation is 3. The van der Waals surface area contributed by atoms with Gasteiger partial charge in [0.2, 0.25) is 0 Å². The van der Waals surface area contributed by atoms with E-state index in [2.05, 4.69) is 19.1 Å². The molecular formula is C18H24N2O3. The lowest BCUT2D eigenvalue weighted by molar-refractivity contribution is 0.0718. The molecule has 1 aliphatic heterocycles. The van der Waals surface area contributed by atoms with E-state index in [-0.39, 0.29) is 18.4 Å². The van der Waals surface area contributed by atoms with Crippen LogP contribution in [0.15, 0.2) is 18.2 Å². The summed E-state index contributed by atoms with van der Waals surface area (Å²) in [6.07, 6.45) is 0. The fourth-order valence-corrected chi connectivity index (χ4v) is 3.53. The third-order valence-electron chi connectivity index (χ3n) is 4.75. The SMILES string of the molecule is Cc1c(C(=O)N2CCOC[C@H](CO)C2)n(C)c2c(C)cccc12. The molecule has 0 spiro atoms. The van der Waals surface area contributed by atoms with Gasteiger partial charge in [0.1, 0.15) is 5.69 Å². The smallest absolute Gasteiger partial charge is 0.270 e. The number of carbonyl (C=O) groups excluding carboxylic acids is 1. The van der Waals surface area contributed by atoms with Crippen LogP contribution >= 0.6 is 0 Å². The van der Waals surface area contributed by atoms with Gasteiger partial charge in [0.15, 0.2) is 0 Å². The highest BCUT2D eigenvalue weighted by Gasteiger charge is 2.27. The summed E-state index contributed by atoms with van der Waals surface area (Å²) in [6, 6.07) is 6.16. The van der Waals surface area contributed by atoms with Gasteiger partial charge in [-0.2, -0.15) is 0 Å². The number of aromatic nitrogens is 1. The second kappa shape index (κ2) is 6.34. The predicted octanol–water partition coefficient (Wildman–Crippen LogP) is 1.88. The van der Waals surface area contributed by atoms with Gasteiger partial charge in [0, 0.05) is 38.0 Å². The van der Waals surface area contributed by atoms with Crippen molar-refractivity contribution in [3.8, 4) is 0 Å². The Hall–Kier alpha value is -1.85. The van der Waals surface area contributed by atoms with Crippen LogP contribution in [0.5, 0.6) is 0 Å². The lowest BCUT2D eigenvalue weighted by Gasteiger charge is -2.23. The summed E-state index contributed by atoms with van der Waals surface area (Å²) in [5.41, 5.74) is 4.02. The minimum absolute atomic E-state index is 0.0156. The summed E-state index contributed by atoms with van der Waals surface area (Å²) in [5.74, 6) is 0.00252. The van der Waals surface area contributed by atoms with Gasteiger partial charge in [0.25, 0.3) is 5.91 Å². The average Bonchev–Trinajstić information content (AvgIpc) is 2.71. The predicted molar refractivity (Wildman–Crippen MR) is 89.7 cm³/mol. The summed E-state index contributed by atoms with van der Waals surface area (Å²) in [6.45, 7) is 6.24. The van der Waals surface area contributed by atoms with Gasteiger partial charge in [-0.3, -0.25) is 4.79 Å². The van der Waals surface area contributed by atoms with Gasteiger partial charge < -0.3 is 19.3 Å². The Morgan fingerprint density at radius 2 is 2.17 bits per heavy atom. The van der Waals surface area contributed by atoms with Crippen molar-refractivity contribution in [2.45, 2.75) is 13.8 Å². The number of amides is 1. The Kier molecular flexibility index (Phi) is 4.41. The summed E-state index contributed by atoms with van der Waals surface area (Å²) in [4.78, 5) is 14.9. The third-order valence-corrected chi connectivity index (χ3v) is 4.75. The third kappa shape index (κ3) is 2.75. The molecule has 0 radical (unpaired) electrons. The molecular weight excluding hydrogens is 292 g/mol. The zero-order chi connectivity index (χ0) is 16.6. The first kappa shape index (κ1) is 16.0. The number of para-hydroxylation sites is 1. The van der Waals surface area contributed by atoms with Gasteiger partial charge in [-0.25, -0.2) is 0 Å². The van der Waals surface area contributed by atoms with Crippen molar-refractivity contribution < 1.29 is 14.6 Å². The lowest BCUT2D eigenvalue weighted by atomic mass is 10.1. The number of hydrogen-bond donors (Lipinski definition) is 1. The largest absolute Gasteiger partial charge is 0.396 e. The molecule has 0 aliphatic carbocycles. The molecule has 0 bridgehead atoms. The summed E-state index contributed by atoms with van der Waals surface area (Å²) >= 11 is 0. The molecule has 1 aromatic carbocycles. The number of aliphatic hydroxyl groups excluding tert-OH is 1. The van der Waals surface area contributed by atoms with Crippen LogP contribution in [0.2, 0.25) is 0 Å². The molecule has 23 heavy (non-hydrogen) atoms. The van der Waals surface area contributed by atoms with Crippen LogP contribution in [0.4, 0.5) is 0 Å². The van der Waals surface area contributed by atoms with E-state index < -0.39 is 0 Å². The Bertz CT molecular complexity index is 735. The summed E-state index contributed by atoms with van der Waals surface area (Å²) < 4.78 is 7.49. The van der Waals surface area contributed by atoms with Gasteiger partial charge in [0.05, 0.1) is 18.7 Å². The van der Waals surface area contributed by atoms with Crippen molar-refractivity contribution in [2.24, 2.45) is 13.0 Å². The van der Waals surface area contributed by atoms with Crippen molar-refractivity contribution >= 4 is 16.8 Å². The van der Waals surface area contributed by atoms with Crippen LogP contribution in [-0.2, 0) is 11.8 Å². The molecule has 0 saturated carbocycles. The molecule has 3 rings (SSSR count). The number of ether oxygens (including phenoxy) is 1. The van der Waals surface area contributed by atoms with Crippen molar-refractivity contribution in [3.63, 3.8) is 0 Å². The number of rotatable bonds is 2. The van der Waals surface area contributed by atoms with E-state index in [0.29, 0.717) is 26.3 Å². The fourth-order valence-electron chi connectivity index (χ4n) is 3.53. The molecule has 1 N–H and O–H groups in total. The van der Waals surface area contributed by atoms with E-state index in [1.807, 2.05) is 29.5 Å². The van der Waals surface area contributed by atoms with Gasteiger partial charge in [-0.15, -0.1) is 0 Å². The highest BCUT2D eigenvalue weighted by atomic mass is 16.5. The molecule has 1 aromatic heterocycles. The molecule has 1 aliphatic rings. The Balaban J connectivity index is 2.02. The second-order valence-corrected chi connectivity index (χ2v) is 6.38. The number of benzene rings is 1. The first-order chi connectivity index (χ1) is 11.0. The van der Waals surface area contributed by atoms with Gasteiger partial charge in [-0.1, -0.05) is 18.2 Å². The van der Waals surface area contributed by atoms with Gasteiger partial charge in [-0.05, 0) is 25.0 Å². The molecule has 1 amide bonds. The number of carbonyl (C=O) groups is 1. The molecule has 2 aromatic rings. The highest BCUT2D eigenvalue weighted by molar-refractivity contribution is 6.02. The Morgan fingerprint density at radius 1 is 1.39 bits per heavy atom. The van der Waals surface area contributed by atoms with E-state index in [4.69, 9.17) is 4.74 Å². The Morgan fingerprint density at radius 3 is 2.87 bits per heavy atom. The van der Waals surface area contributed by atoms with E-state index in [0.717, 1.165) is 22.2 Å². The zero-order valence-electron chi connectivity index (χ0n) is 14.0. The summed E-state index contributed by atoms with van der Waals surface area (Å²) in [7, 11) is 1.95. The maximum Gasteiger partial charge on any atom is 0.270 e. The normalized spacial score (nSPS) is 19.1. The quantitative estimate of drug-likeness (QED) is 0.920. The zero-order valence-corrected chi connectivity index (χ0v) is 14.0. The molecule has 124 valence electrons. The van der Waals surface area contributed by atoms with E-state index >= 15 is 0 Å². The minimum atomic E-state index is -0.0156. The maximum absolute atomic E-state index is 13.1. The van der Waals surface area contributed by atoms with Crippen LogP contribution in [0, 0.1) is 19.8 Å². The van der Waals surface area contributed by atoms with Gasteiger partial charge >= 0.3 is 0 Å². The Labute approximate surface area is 136 Å². The van der Waals surface area contributed by atoms with Crippen molar-refractivity contribution in [1.82, 2.24) is 9.47 Å². The van der Waals surface area contributed by atoms with Crippen molar-refractivity contribution in [2.75, 3.05) is 32.9 Å². The van der Waals surface area contributed by atoms with Crippen LogP contribution in [-0.4, -0.2) is 53.4 Å². The lowest BCUT2D eigenvalue weighted by Crippen LogP contribution is -2.38. The average molecular weight is 316 g/mol. The van der Waals surface area contributed by atoms with Crippen LogP contribution in [0.1, 0.15) is 21.6 Å². The number of aliphatic hydroxyl groups is 1. The van der Waals surface area contributed by atoms with Crippen LogP contribution < -0.4 is 0 Å². The first-order valence-electron chi connectivity index (χ1n) is 8.07. The van der Waals surface area contributed by atoms with Crippen LogP contribution in [0.25, 0.3) is 10.9 Å². The number of fused-ring (bicyclic) bond motifs is 1. The minimum Gasteiger partial charge on any atom is -0.396 e. The molecule has 5 nitrogen and oxygen atoms in total. The standard InChI is InChI=1S/C18H24N2O3/c1-12-5-4-6-15-13(2)17(19(3)16(12)15)18(22)20-7-8-23-11-14(9-20)10-21/h4-6,14,21H,7-11H2,1-3H3/t14-/m0/s1. The van der Waals surface area contributed by atoms with Crippen molar-refractivity contribution in [1.29, 1.82) is 0 Å². The molecule has 5 heteroatoms. The topological polar surface area (TPSA) is 54.7 Å². The second-order valence-electron chi connectivity index (χ2n) is 6.38. The molecule has 1 saturated heterocycles. The molecule has 1 atom stereocenters. The van der Waals surface area contributed by atoms with Crippen molar-refractivity contribution in [3.05, 3.63) is 35.0 Å². The maximum atomic E-state index is 13.1. The van der Waals surface area contributed by atoms with E-state index in [1.54, 1.807) is 0 Å². The number of nitrogens with zero attached hydrogens (tertiary/aromatic N) is 2. The number of hydrogen-bond acceptors (Lipinski definition) is 3. The van der Waals surface area contributed by atoms with E-state index in [9.17, 15) is 9.90 Å². The molecule has 2 heterocycles. The molecule has 1 fully saturated rings. The van der Waals surface area contributed by atoms with E-state index in [1.165, 1.54) is 5.56 Å².